The largest absolute Gasteiger partial charge is 0.337 e. The van der Waals surface area contributed by atoms with Crippen molar-refractivity contribution in [1.82, 2.24) is 10.2 Å². The molecule has 0 saturated carbocycles. The average Bonchev–Trinajstić information content (AvgIpc) is 2.85. The number of carbonyl (C=O) groups excluding carboxylic acids is 1. The van der Waals surface area contributed by atoms with Crippen molar-refractivity contribution in [2.24, 2.45) is 0 Å². The van der Waals surface area contributed by atoms with Crippen molar-refractivity contribution in [2.45, 2.75) is 36.7 Å². The lowest BCUT2D eigenvalue weighted by Crippen LogP contribution is -2.58. The molecule has 1 amide bonds. The van der Waals surface area contributed by atoms with Crippen LogP contribution in [0.3, 0.4) is 0 Å². The molecule has 3 nitrogen and oxygen atoms in total. The Kier molecular flexibility index (Phi) is 4.99. The number of fused-ring (bicyclic) bond motifs is 1. The highest BCUT2D eigenvalue weighted by Gasteiger charge is 2.36. The van der Waals surface area contributed by atoms with Crippen LogP contribution in [0.25, 0.3) is 0 Å². The first-order valence-corrected chi connectivity index (χ1v) is 7.92. The first-order chi connectivity index (χ1) is 9.18. The van der Waals surface area contributed by atoms with Gasteiger partial charge in [0.1, 0.15) is 0 Å². The van der Waals surface area contributed by atoms with Gasteiger partial charge in [-0.25, -0.2) is 0 Å². The number of nitrogens with zero attached hydrogens (tertiary/aromatic N) is 1. The third-order valence-corrected chi connectivity index (χ3v) is 5.50. The number of thioether (sulfide) groups is 1. The Balaban J connectivity index is 0.00000147. The molecule has 1 saturated heterocycles. The van der Waals surface area contributed by atoms with Crippen LogP contribution >= 0.6 is 24.2 Å². The summed E-state index contributed by atoms with van der Waals surface area (Å²) in [5, 5.41) is 3.43. The fraction of sp³-hybridized carbons (Fsp3) is 0.533. The van der Waals surface area contributed by atoms with E-state index in [1.807, 2.05) is 23.9 Å². The van der Waals surface area contributed by atoms with Crippen LogP contribution in [0.4, 0.5) is 0 Å². The van der Waals surface area contributed by atoms with E-state index in [1.54, 1.807) is 0 Å². The second kappa shape index (κ2) is 6.37. The van der Waals surface area contributed by atoms with Gasteiger partial charge in [-0.2, -0.15) is 0 Å². The number of piperazine rings is 1. The van der Waals surface area contributed by atoms with E-state index in [-0.39, 0.29) is 24.4 Å². The Hall–Kier alpha value is -0.710. The lowest BCUT2D eigenvalue weighted by molar-refractivity contribution is -0.136. The van der Waals surface area contributed by atoms with E-state index < -0.39 is 0 Å². The Morgan fingerprint density at radius 1 is 1.35 bits per heavy atom. The fourth-order valence-corrected chi connectivity index (χ4v) is 4.16. The van der Waals surface area contributed by atoms with Gasteiger partial charge in [-0.3, -0.25) is 4.79 Å². The fourth-order valence-electron chi connectivity index (χ4n) is 2.93. The highest BCUT2D eigenvalue weighted by molar-refractivity contribution is 7.99. The smallest absolute Gasteiger partial charge is 0.231 e. The number of rotatable bonds is 1. The molecule has 0 aromatic heterocycles. The number of nitrogens with one attached hydrogen (secondary N) is 1. The third-order valence-electron chi connectivity index (χ3n) is 4.32. The lowest BCUT2D eigenvalue weighted by atomic mass is 9.97. The van der Waals surface area contributed by atoms with Crippen LogP contribution in [0.2, 0.25) is 0 Å². The Bertz CT molecular complexity index is 497. The number of hydrogen-bond acceptors (Lipinski definition) is 3. The van der Waals surface area contributed by atoms with Crippen LogP contribution in [0.5, 0.6) is 0 Å². The summed E-state index contributed by atoms with van der Waals surface area (Å²) in [6.45, 7) is 6.02. The van der Waals surface area contributed by atoms with E-state index >= 15 is 0 Å². The summed E-state index contributed by atoms with van der Waals surface area (Å²) in [5.41, 5.74) is 1.22. The van der Waals surface area contributed by atoms with Crippen molar-refractivity contribution in [3.63, 3.8) is 0 Å². The minimum atomic E-state index is 0. The van der Waals surface area contributed by atoms with E-state index in [4.69, 9.17) is 0 Å². The predicted molar refractivity (Wildman–Crippen MR) is 85.8 cm³/mol. The number of benzene rings is 1. The lowest BCUT2D eigenvalue weighted by Gasteiger charge is -2.39. The van der Waals surface area contributed by atoms with Crippen LogP contribution in [0, 0.1) is 0 Å². The topological polar surface area (TPSA) is 32.3 Å². The van der Waals surface area contributed by atoms with Crippen molar-refractivity contribution in [3.05, 3.63) is 29.8 Å². The normalized spacial score (nSPS) is 28.7. The maximum absolute atomic E-state index is 12.8. The summed E-state index contributed by atoms with van der Waals surface area (Å²) in [5.74, 6) is 1.25. The molecule has 1 N–H and O–H groups in total. The minimum Gasteiger partial charge on any atom is -0.337 e. The van der Waals surface area contributed by atoms with Crippen molar-refractivity contribution in [2.75, 3.05) is 18.8 Å². The van der Waals surface area contributed by atoms with Gasteiger partial charge in [0.05, 0.1) is 5.92 Å². The predicted octanol–water partition coefficient (Wildman–Crippen LogP) is 2.51. The molecule has 3 rings (SSSR count). The van der Waals surface area contributed by atoms with E-state index in [1.165, 1.54) is 10.5 Å². The van der Waals surface area contributed by atoms with Crippen LogP contribution < -0.4 is 5.32 Å². The molecular formula is C15H21ClN2OS. The molecule has 2 heterocycles. The van der Waals surface area contributed by atoms with E-state index in [2.05, 4.69) is 36.2 Å². The number of carbonyl (C=O) groups is 1. The molecule has 0 aliphatic carbocycles. The average molecular weight is 313 g/mol. The van der Waals surface area contributed by atoms with Crippen molar-refractivity contribution in [1.29, 1.82) is 0 Å². The summed E-state index contributed by atoms with van der Waals surface area (Å²) in [7, 11) is 0. The Morgan fingerprint density at radius 2 is 2.10 bits per heavy atom. The van der Waals surface area contributed by atoms with Gasteiger partial charge in [0.2, 0.25) is 5.91 Å². The first-order valence-electron chi connectivity index (χ1n) is 6.94. The molecule has 20 heavy (non-hydrogen) atoms. The van der Waals surface area contributed by atoms with Crippen LogP contribution in [-0.2, 0) is 4.79 Å². The molecule has 0 bridgehead atoms. The third kappa shape index (κ3) is 2.69. The van der Waals surface area contributed by atoms with Gasteiger partial charge in [-0.15, -0.1) is 24.2 Å². The van der Waals surface area contributed by atoms with Crippen molar-refractivity contribution >= 4 is 30.1 Å². The molecule has 3 unspecified atom stereocenters. The minimum absolute atomic E-state index is 0. The molecule has 2 aliphatic rings. The molecule has 5 heteroatoms. The maximum Gasteiger partial charge on any atom is 0.231 e. The van der Waals surface area contributed by atoms with Gasteiger partial charge in [0, 0.05) is 35.8 Å². The maximum atomic E-state index is 12.8. The van der Waals surface area contributed by atoms with Gasteiger partial charge < -0.3 is 10.2 Å². The van der Waals surface area contributed by atoms with Gasteiger partial charge >= 0.3 is 0 Å². The van der Waals surface area contributed by atoms with Gasteiger partial charge in [0.25, 0.3) is 0 Å². The zero-order valence-electron chi connectivity index (χ0n) is 11.8. The van der Waals surface area contributed by atoms with Gasteiger partial charge in [-0.05, 0) is 25.5 Å². The molecule has 3 atom stereocenters. The SMILES string of the molecule is CC1NCCN(C(=O)C2CSc3ccccc32)C1C.Cl. The van der Waals surface area contributed by atoms with Crippen LogP contribution in [0.15, 0.2) is 29.2 Å². The zero-order valence-corrected chi connectivity index (χ0v) is 13.5. The summed E-state index contributed by atoms with van der Waals surface area (Å²) in [6, 6.07) is 8.97. The standard InChI is InChI=1S/C15H20N2OS.ClH/c1-10-11(2)17(8-7-16-10)15(18)13-9-19-14-6-4-3-5-12(13)14;/h3-6,10-11,13,16H,7-9H2,1-2H3;1H. The number of amides is 1. The Morgan fingerprint density at radius 3 is 2.90 bits per heavy atom. The second-order valence-electron chi connectivity index (χ2n) is 5.42. The first kappa shape index (κ1) is 15.7. The molecular weight excluding hydrogens is 292 g/mol. The molecule has 0 spiro atoms. The summed E-state index contributed by atoms with van der Waals surface area (Å²) in [4.78, 5) is 16.1. The number of hydrogen-bond donors (Lipinski definition) is 1. The summed E-state index contributed by atoms with van der Waals surface area (Å²) >= 11 is 1.81. The molecule has 1 aromatic rings. The molecule has 1 aromatic carbocycles. The van der Waals surface area contributed by atoms with Crippen molar-refractivity contribution in [3.8, 4) is 0 Å². The Labute approximate surface area is 130 Å². The molecule has 0 radical (unpaired) electrons. The number of halogens is 1. The zero-order chi connectivity index (χ0) is 13.4. The van der Waals surface area contributed by atoms with Crippen LogP contribution in [-0.4, -0.2) is 41.7 Å². The molecule has 110 valence electrons. The van der Waals surface area contributed by atoms with Gasteiger partial charge in [-0.1, -0.05) is 18.2 Å². The quantitative estimate of drug-likeness (QED) is 0.865. The van der Waals surface area contributed by atoms with E-state index in [0.29, 0.717) is 11.9 Å². The molecule has 1 fully saturated rings. The van der Waals surface area contributed by atoms with Gasteiger partial charge in [0.15, 0.2) is 0 Å². The summed E-state index contributed by atoms with van der Waals surface area (Å²) in [6.07, 6.45) is 0. The van der Waals surface area contributed by atoms with E-state index in [0.717, 1.165) is 18.8 Å². The highest BCUT2D eigenvalue weighted by Crippen LogP contribution is 2.40. The van der Waals surface area contributed by atoms with Crippen LogP contribution in [0.1, 0.15) is 25.3 Å². The summed E-state index contributed by atoms with van der Waals surface area (Å²) < 4.78 is 0. The molecule has 2 aliphatic heterocycles. The second-order valence-corrected chi connectivity index (χ2v) is 6.48. The van der Waals surface area contributed by atoms with Crippen molar-refractivity contribution < 1.29 is 4.79 Å². The van der Waals surface area contributed by atoms with E-state index in [9.17, 15) is 4.79 Å². The monoisotopic (exact) mass is 312 g/mol. The highest BCUT2D eigenvalue weighted by atomic mass is 35.5.